The minimum atomic E-state index is 0.175. The number of thiocarbonyl (C=S) groups is 1. The molecule has 2 N–H and O–H groups in total. The van der Waals surface area contributed by atoms with Gasteiger partial charge >= 0.3 is 6.01 Å². The molecule has 0 radical (unpaired) electrons. The van der Waals surface area contributed by atoms with E-state index in [0.717, 1.165) is 11.3 Å². The number of aromatic nitrogens is 2. The molecule has 2 rings (SSSR count). The average Bonchev–Trinajstić information content (AvgIpc) is 2.32. The van der Waals surface area contributed by atoms with E-state index in [4.69, 9.17) is 34.3 Å². The third kappa shape index (κ3) is 3.39. The summed E-state index contributed by atoms with van der Waals surface area (Å²) in [5, 5.41) is 0.502. The highest BCUT2D eigenvalue weighted by molar-refractivity contribution is 7.80. The highest BCUT2D eigenvalue weighted by atomic mass is 35.5. The molecular weight excluding hydrogens is 282 g/mol. The third-order valence-corrected chi connectivity index (χ3v) is 2.88. The van der Waals surface area contributed by atoms with Crippen LogP contribution < -0.4 is 10.5 Å². The van der Waals surface area contributed by atoms with Crippen LogP contribution in [0.15, 0.2) is 24.3 Å². The Hall–Kier alpha value is -1.72. The minimum absolute atomic E-state index is 0.175. The van der Waals surface area contributed by atoms with Gasteiger partial charge in [-0.05, 0) is 37.6 Å². The first-order chi connectivity index (χ1) is 8.95. The Morgan fingerprint density at radius 2 is 2.00 bits per heavy atom. The van der Waals surface area contributed by atoms with Gasteiger partial charge in [0, 0.05) is 5.69 Å². The van der Waals surface area contributed by atoms with Crippen LogP contribution in [0.1, 0.15) is 17.0 Å². The Morgan fingerprint density at radius 1 is 1.26 bits per heavy atom. The summed E-state index contributed by atoms with van der Waals surface area (Å²) in [5.41, 5.74) is 7.79. The molecule has 0 amide bonds. The van der Waals surface area contributed by atoms with Gasteiger partial charge in [-0.25, -0.2) is 4.98 Å². The molecule has 4 nitrogen and oxygen atoms in total. The first-order valence-electron chi connectivity index (χ1n) is 5.55. The molecule has 0 spiro atoms. The number of rotatable bonds is 3. The zero-order valence-electron chi connectivity index (χ0n) is 10.5. The lowest BCUT2D eigenvalue weighted by Gasteiger charge is -2.08. The van der Waals surface area contributed by atoms with Crippen LogP contribution in [-0.2, 0) is 0 Å². The molecule has 0 aliphatic carbocycles. The van der Waals surface area contributed by atoms with Gasteiger partial charge in [-0.2, -0.15) is 4.98 Å². The number of hydrogen-bond acceptors (Lipinski definition) is 4. The molecule has 0 saturated heterocycles. The normalized spacial score (nSPS) is 10.3. The highest BCUT2D eigenvalue weighted by Crippen LogP contribution is 2.28. The molecule has 1 aromatic heterocycles. The fourth-order valence-corrected chi connectivity index (χ4v) is 1.88. The fraction of sp³-hybridized carbons (Fsp3) is 0.154. The number of ether oxygens (including phenoxy) is 1. The molecule has 2 aromatic rings. The van der Waals surface area contributed by atoms with Gasteiger partial charge in [0.1, 0.15) is 16.4 Å². The first-order valence-corrected chi connectivity index (χ1v) is 6.34. The van der Waals surface area contributed by atoms with Crippen molar-refractivity contribution in [2.75, 3.05) is 0 Å². The van der Waals surface area contributed by atoms with Gasteiger partial charge in [0.25, 0.3) is 0 Å². The highest BCUT2D eigenvalue weighted by Gasteiger charge is 2.09. The van der Waals surface area contributed by atoms with Crippen molar-refractivity contribution in [3.63, 3.8) is 0 Å². The first kappa shape index (κ1) is 13.7. The largest absolute Gasteiger partial charge is 0.423 e. The van der Waals surface area contributed by atoms with Crippen molar-refractivity contribution in [1.82, 2.24) is 9.97 Å². The van der Waals surface area contributed by atoms with Crippen LogP contribution in [0.5, 0.6) is 11.8 Å². The molecule has 0 aliphatic heterocycles. The molecule has 0 fully saturated rings. The number of nitrogens with zero attached hydrogens (tertiary/aromatic N) is 2. The lowest BCUT2D eigenvalue weighted by molar-refractivity contribution is 0.440. The zero-order chi connectivity index (χ0) is 14.0. The number of benzene rings is 1. The molecular formula is C13H12ClN3OS. The maximum Gasteiger partial charge on any atom is 0.322 e. The summed E-state index contributed by atoms with van der Waals surface area (Å²) in [7, 11) is 0. The number of nitrogens with two attached hydrogens (primary N) is 1. The van der Waals surface area contributed by atoms with Gasteiger partial charge in [0.05, 0.1) is 5.02 Å². The molecule has 0 saturated carbocycles. The summed E-state index contributed by atoms with van der Waals surface area (Å²) in [4.78, 5) is 8.50. The number of halogens is 1. The summed E-state index contributed by atoms with van der Waals surface area (Å²) >= 11 is 11.0. The van der Waals surface area contributed by atoms with Crippen LogP contribution in [0.4, 0.5) is 0 Å². The Bertz CT molecular complexity index is 646. The Kier molecular flexibility index (Phi) is 3.97. The molecule has 98 valence electrons. The molecule has 0 bridgehead atoms. The third-order valence-electron chi connectivity index (χ3n) is 2.37. The van der Waals surface area contributed by atoms with Crippen LogP contribution in [0.2, 0.25) is 5.02 Å². The summed E-state index contributed by atoms with van der Waals surface area (Å²) < 4.78 is 5.57. The maximum absolute atomic E-state index is 6.09. The smallest absolute Gasteiger partial charge is 0.322 e. The van der Waals surface area contributed by atoms with Gasteiger partial charge in [-0.3, -0.25) is 0 Å². The van der Waals surface area contributed by atoms with Crippen LogP contribution in [-0.4, -0.2) is 15.0 Å². The minimum Gasteiger partial charge on any atom is -0.423 e. The SMILES string of the molecule is Cc1ccc(Oc2nc(C)cc(C(N)=S)n2)c(Cl)c1. The van der Waals surface area contributed by atoms with Gasteiger partial charge in [0.2, 0.25) is 0 Å². The van der Waals surface area contributed by atoms with Crippen molar-refractivity contribution < 1.29 is 4.74 Å². The quantitative estimate of drug-likeness (QED) is 0.881. The predicted octanol–water partition coefficient (Wildman–Crippen LogP) is 3.17. The predicted molar refractivity (Wildman–Crippen MR) is 78.9 cm³/mol. The summed E-state index contributed by atoms with van der Waals surface area (Å²) in [6.45, 7) is 3.76. The van der Waals surface area contributed by atoms with E-state index in [1.54, 1.807) is 18.2 Å². The molecule has 6 heteroatoms. The monoisotopic (exact) mass is 293 g/mol. The van der Waals surface area contributed by atoms with E-state index >= 15 is 0 Å². The van der Waals surface area contributed by atoms with Crippen molar-refractivity contribution in [1.29, 1.82) is 0 Å². The molecule has 1 heterocycles. The van der Waals surface area contributed by atoms with Crippen LogP contribution in [0, 0.1) is 13.8 Å². The van der Waals surface area contributed by atoms with Crippen molar-refractivity contribution in [3.05, 3.63) is 46.2 Å². The number of aryl methyl sites for hydroxylation is 2. The number of hydrogen-bond donors (Lipinski definition) is 1. The Labute approximate surface area is 121 Å². The molecule has 0 aliphatic rings. The Morgan fingerprint density at radius 3 is 2.63 bits per heavy atom. The molecule has 19 heavy (non-hydrogen) atoms. The second-order valence-corrected chi connectivity index (χ2v) is 4.92. The van der Waals surface area contributed by atoms with Crippen LogP contribution in [0.3, 0.4) is 0 Å². The van der Waals surface area contributed by atoms with Crippen molar-refractivity contribution in [3.8, 4) is 11.8 Å². The molecule has 0 atom stereocenters. The summed E-state index contributed by atoms with van der Waals surface area (Å²) in [5.74, 6) is 0.492. The lowest BCUT2D eigenvalue weighted by Crippen LogP contribution is -2.13. The van der Waals surface area contributed by atoms with Crippen molar-refractivity contribution >= 4 is 28.8 Å². The standard InChI is InChI=1S/C13H12ClN3OS/c1-7-3-4-11(9(14)5-7)18-13-16-8(2)6-10(17-13)12(15)19/h3-6H,1-2H3,(H2,15,19). The van der Waals surface area contributed by atoms with Crippen LogP contribution in [0.25, 0.3) is 0 Å². The van der Waals surface area contributed by atoms with Crippen molar-refractivity contribution in [2.45, 2.75) is 13.8 Å². The molecule has 1 aromatic carbocycles. The van der Waals surface area contributed by atoms with Crippen molar-refractivity contribution in [2.24, 2.45) is 5.73 Å². The second kappa shape index (κ2) is 5.50. The van der Waals surface area contributed by atoms with E-state index in [9.17, 15) is 0 Å². The zero-order valence-corrected chi connectivity index (χ0v) is 12.0. The van der Waals surface area contributed by atoms with Gasteiger partial charge in [0.15, 0.2) is 0 Å². The summed E-state index contributed by atoms with van der Waals surface area (Å²) in [6.07, 6.45) is 0. The second-order valence-electron chi connectivity index (χ2n) is 4.08. The van der Waals surface area contributed by atoms with E-state index in [0.29, 0.717) is 16.5 Å². The van der Waals surface area contributed by atoms with Gasteiger partial charge in [-0.1, -0.05) is 29.9 Å². The molecule has 0 unspecified atom stereocenters. The Balaban J connectivity index is 2.35. The maximum atomic E-state index is 6.09. The van der Waals surface area contributed by atoms with E-state index in [1.807, 2.05) is 19.9 Å². The summed E-state index contributed by atoms with van der Waals surface area (Å²) in [6, 6.07) is 7.34. The van der Waals surface area contributed by atoms with Gasteiger partial charge in [-0.15, -0.1) is 0 Å². The van der Waals surface area contributed by atoms with Crippen LogP contribution >= 0.6 is 23.8 Å². The lowest BCUT2D eigenvalue weighted by atomic mass is 10.2. The van der Waals surface area contributed by atoms with E-state index in [2.05, 4.69) is 9.97 Å². The topological polar surface area (TPSA) is 61.0 Å². The van der Waals surface area contributed by atoms with E-state index in [-0.39, 0.29) is 11.0 Å². The fourth-order valence-electron chi connectivity index (χ4n) is 1.50. The average molecular weight is 294 g/mol. The van der Waals surface area contributed by atoms with Gasteiger partial charge < -0.3 is 10.5 Å². The van der Waals surface area contributed by atoms with E-state index in [1.165, 1.54) is 0 Å². The van der Waals surface area contributed by atoms with E-state index < -0.39 is 0 Å².